The largest absolute Gasteiger partial charge is 0.465 e. The number of rotatable bonds is 1. The average Bonchev–Trinajstić information content (AvgIpc) is 2.66. The van der Waals surface area contributed by atoms with Crippen LogP contribution in [-0.4, -0.2) is 22.2 Å². The summed E-state index contributed by atoms with van der Waals surface area (Å²) in [5.74, 6) is 0. The number of hydrogen-bond acceptors (Lipinski definition) is 1. The summed E-state index contributed by atoms with van der Waals surface area (Å²) in [6, 6.07) is 8.22. The molecule has 1 amide bonds. The van der Waals surface area contributed by atoms with Crippen molar-refractivity contribution in [3.8, 4) is 0 Å². The average molecular weight is 230 g/mol. The van der Waals surface area contributed by atoms with Crippen LogP contribution in [0.3, 0.4) is 0 Å². The predicted molar refractivity (Wildman–Crippen MR) is 65.3 cm³/mol. The van der Waals surface area contributed by atoms with E-state index in [1.807, 2.05) is 12.1 Å². The number of carbonyl (C=O) groups is 1. The van der Waals surface area contributed by atoms with Gasteiger partial charge in [-0.15, -0.1) is 0 Å². The zero-order valence-corrected chi connectivity index (χ0v) is 9.36. The van der Waals surface area contributed by atoms with E-state index in [1.165, 1.54) is 16.6 Å². The topological polar surface area (TPSA) is 65.1 Å². The fourth-order valence-corrected chi connectivity index (χ4v) is 2.67. The van der Waals surface area contributed by atoms with E-state index >= 15 is 0 Å². The van der Waals surface area contributed by atoms with Crippen LogP contribution in [0.4, 0.5) is 4.79 Å². The molecule has 2 aromatic rings. The molecule has 1 aromatic carbocycles. The molecule has 17 heavy (non-hydrogen) atoms. The van der Waals surface area contributed by atoms with Gasteiger partial charge in [-0.05, 0) is 30.9 Å². The quantitative estimate of drug-likeness (QED) is 0.703. The Labute approximate surface area is 98.6 Å². The summed E-state index contributed by atoms with van der Waals surface area (Å²) < 4.78 is 0. The number of hydrogen-bond donors (Lipinski definition) is 3. The van der Waals surface area contributed by atoms with Crippen LogP contribution in [0.15, 0.2) is 24.3 Å². The van der Waals surface area contributed by atoms with Crippen LogP contribution in [0, 0.1) is 0 Å². The molecule has 1 aromatic heterocycles. The molecule has 4 heteroatoms. The summed E-state index contributed by atoms with van der Waals surface area (Å²) in [5, 5.41) is 12.6. The molecule has 0 unspecified atom stereocenters. The van der Waals surface area contributed by atoms with Crippen LogP contribution in [0.2, 0.25) is 0 Å². The molecule has 3 rings (SSSR count). The molecule has 1 heterocycles. The maximum absolute atomic E-state index is 10.7. The maximum atomic E-state index is 10.7. The Hall–Kier alpha value is -1.97. The second-order valence-corrected chi connectivity index (χ2v) is 4.52. The minimum absolute atomic E-state index is 0.0409. The number of fused-ring (bicyclic) bond motifs is 3. The summed E-state index contributed by atoms with van der Waals surface area (Å²) >= 11 is 0. The van der Waals surface area contributed by atoms with Gasteiger partial charge in [-0.3, -0.25) is 0 Å². The number of para-hydroxylation sites is 1. The van der Waals surface area contributed by atoms with Gasteiger partial charge in [0, 0.05) is 22.6 Å². The molecule has 1 atom stereocenters. The van der Waals surface area contributed by atoms with Gasteiger partial charge in [0.05, 0.1) is 0 Å². The second kappa shape index (κ2) is 3.80. The van der Waals surface area contributed by atoms with E-state index in [9.17, 15) is 4.79 Å². The first-order chi connectivity index (χ1) is 8.24. The monoisotopic (exact) mass is 230 g/mol. The van der Waals surface area contributed by atoms with Gasteiger partial charge in [0.25, 0.3) is 0 Å². The Morgan fingerprint density at radius 3 is 3.06 bits per heavy atom. The van der Waals surface area contributed by atoms with Gasteiger partial charge >= 0.3 is 6.09 Å². The van der Waals surface area contributed by atoms with Crippen LogP contribution < -0.4 is 5.32 Å². The molecule has 0 radical (unpaired) electrons. The molecule has 0 bridgehead atoms. The molecule has 0 saturated carbocycles. The first kappa shape index (κ1) is 10.2. The van der Waals surface area contributed by atoms with E-state index in [4.69, 9.17) is 5.11 Å². The van der Waals surface area contributed by atoms with Crippen LogP contribution in [0.25, 0.3) is 10.9 Å². The predicted octanol–water partition coefficient (Wildman–Crippen LogP) is 2.29. The third-order valence-corrected chi connectivity index (χ3v) is 3.42. The fourth-order valence-electron chi connectivity index (χ4n) is 2.67. The second-order valence-electron chi connectivity index (χ2n) is 4.52. The lowest BCUT2D eigenvalue weighted by atomic mass is 9.91. The molecule has 0 fully saturated rings. The Bertz CT molecular complexity index is 574. The number of aromatic amines is 1. The molecule has 0 spiro atoms. The van der Waals surface area contributed by atoms with E-state index in [0.29, 0.717) is 0 Å². The normalized spacial score (nSPS) is 18.9. The van der Waals surface area contributed by atoms with Crippen molar-refractivity contribution in [2.45, 2.75) is 25.3 Å². The first-order valence-corrected chi connectivity index (χ1v) is 5.82. The Morgan fingerprint density at radius 1 is 1.41 bits per heavy atom. The van der Waals surface area contributed by atoms with Gasteiger partial charge in [-0.1, -0.05) is 18.2 Å². The zero-order valence-electron chi connectivity index (χ0n) is 9.36. The number of H-pyrrole nitrogens is 1. The van der Waals surface area contributed by atoms with Crippen molar-refractivity contribution in [3.63, 3.8) is 0 Å². The summed E-state index contributed by atoms with van der Waals surface area (Å²) in [6.45, 7) is 0. The van der Waals surface area contributed by atoms with Crippen LogP contribution in [0.5, 0.6) is 0 Å². The third-order valence-electron chi connectivity index (χ3n) is 3.42. The number of aromatic nitrogens is 1. The number of benzene rings is 1. The minimum Gasteiger partial charge on any atom is -0.465 e. The van der Waals surface area contributed by atoms with E-state index in [1.54, 1.807) is 0 Å². The van der Waals surface area contributed by atoms with Crippen LogP contribution in [-0.2, 0) is 12.8 Å². The molecule has 1 aliphatic rings. The molecule has 1 aliphatic carbocycles. The fraction of sp³-hybridized carbons (Fsp3) is 0.308. The first-order valence-electron chi connectivity index (χ1n) is 5.82. The highest BCUT2D eigenvalue weighted by atomic mass is 16.4. The van der Waals surface area contributed by atoms with Gasteiger partial charge in [0.2, 0.25) is 0 Å². The molecule has 0 aliphatic heterocycles. The highest BCUT2D eigenvalue weighted by Gasteiger charge is 2.23. The molecule has 88 valence electrons. The van der Waals surface area contributed by atoms with E-state index < -0.39 is 6.09 Å². The van der Waals surface area contributed by atoms with Gasteiger partial charge in [-0.2, -0.15) is 0 Å². The summed E-state index contributed by atoms with van der Waals surface area (Å²) in [7, 11) is 0. The highest BCUT2D eigenvalue weighted by molar-refractivity contribution is 5.85. The Kier molecular flexibility index (Phi) is 2.28. The number of amides is 1. The molecule has 0 saturated heterocycles. The van der Waals surface area contributed by atoms with Gasteiger partial charge < -0.3 is 15.4 Å². The van der Waals surface area contributed by atoms with Gasteiger partial charge in [-0.25, -0.2) is 4.79 Å². The Balaban J connectivity index is 1.97. The smallest absolute Gasteiger partial charge is 0.404 e. The summed E-state index contributed by atoms with van der Waals surface area (Å²) in [4.78, 5) is 14.1. The lowest BCUT2D eigenvalue weighted by Crippen LogP contribution is -2.37. The minimum atomic E-state index is -0.932. The highest BCUT2D eigenvalue weighted by Crippen LogP contribution is 2.28. The summed E-state index contributed by atoms with van der Waals surface area (Å²) in [5.41, 5.74) is 3.67. The van der Waals surface area contributed by atoms with E-state index in [0.717, 1.165) is 24.8 Å². The van der Waals surface area contributed by atoms with Crippen LogP contribution >= 0.6 is 0 Å². The Morgan fingerprint density at radius 2 is 2.24 bits per heavy atom. The van der Waals surface area contributed by atoms with Crippen molar-refractivity contribution in [1.29, 1.82) is 0 Å². The third kappa shape index (κ3) is 1.75. The maximum Gasteiger partial charge on any atom is 0.404 e. The van der Waals surface area contributed by atoms with Gasteiger partial charge in [0.15, 0.2) is 0 Å². The van der Waals surface area contributed by atoms with Crippen molar-refractivity contribution >= 4 is 17.0 Å². The number of nitrogens with one attached hydrogen (secondary N) is 2. The molecule has 4 nitrogen and oxygen atoms in total. The van der Waals surface area contributed by atoms with E-state index in [2.05, 4.69) is 22.4 Å². The SMILES string of the molecule is O=C(O)N[C@@H]1CCc2[nH]c3ccccc3c2C1. The molecule has 3 N–H and O–H groups in total. The van der Waals surface area contributed by atoms with Crippen molar-refractivity contribution < 1.29 is 9.90 Å². The standard InChI is InChI=1S/C13H14N2O2/c16-13(17)14-8-5-6-12-10(7-8)9-3-1-2-4-11(9)15-12/h1-4,8,14-15H,5-7H2,(H,16,17)/t8-/m1/s1. The molecular formula is C13H14N2O2. The van der Waals surface area contributed by atoms with Crippen molar-refractivity contribution in [3.05, 3.63) is 35.5 Å². The number of carboxylic acid groups (broad SMARTS) is 1. The van der Waals surface area contributed by atoms with Gasteiger partial charge in [0.1, 0.15) is 0 Å². The van der Waals surface area contributed by atoms with Crippen molar-refractivity contribution in [2.24, 2.45) is 0 Å². The zero-order chi connectivity index (χ0) is 11.8. The number of aryl methyl sites for hydroxylation is 1. The lowest BCUT2D eigenvalue weighted by molar-refractivity contribution is 0.188. The van der Waals surface area contributed by atoms with Crippen LogP contribution in [0.1, 0.15) is 17.7 Å². The van der Waals surface area contributed by atoms with Crippen molar-refractivity contribution in [2.75, 3.05) is 0 Å². The lowest BCUT2D eigenvalue weighted by Gasteiger charge is -2.22. The van der Waals surface area contributed by atoms with Crippen molar-refractivity contribution in [1.82, 2.24) is 10.3 Å². The summed E-state index contributed by atoms with van der Waals surface area (Å²) in [6.07, 6.45) is 1.63. The van der Waals surface area contributed by atoms with E-state index in [-0.39, 0.29) is 6.04 Å². The molecular weight excluding hydrogens is 216 g/mol.